The standard InChI is InChI=1S/C13H16ClNO/c14-11-4-1-3-10(7-11)12(16)8-13(9-15)5-2-6-13/h1,3-4,7H,2,5-6,8-9,15H2. The van der Waals surface area contributed by atoms with Crippen molar-refractivity contribution >= 4 is 17.4 Å². The van der Waals surface area contributed by atoms with E-state index in [1.165, 1.54) is 6.42 Å². The van der Waals surface area contributed by atoms with Crippen molar-refractivity contribution in [3.63, 3.8) is 0 Å². The maximum Gasteiger partial charge on any atom is 0.163 e. The largest absolute Gasteiger partial charge is 0.330 e. The van der Waals surface area contributed by atoms with E-state index >= 15 is 0 Å². The highest BCUT2D eigenvalue weighted by Gasteiger charge is 2.37. The van der Waals surface area contributed by atoms with Gasteiger partial charge in [0.25, 0.3) is 0 Å². The number of rotatable bonds is 4. The molecule has 0 spiro atoms. The Morgan fingerprint density at radius 2 is 2.19 bits per heavy atom. The highest BCUT2D eigenvalue weighted by Crippen LogP contribution is 2.43. The molecule has 0 radical (unpaired) electrons. The number of Topliss-reactive ketones (excluding diaryl/α,β-unsaturated/α-hetero) is 1. The fourth-order valence-corrected chi connectivity index (χ4v) is 2.42. The highest BCUT2D eigenvalue weighted by atomic mass is 35.5. The van der Waals surface area contributed by atoms with Crippen LogP contribution in [0.3, 0.4) is 0 Å². The Hall–Kier alpha value is -0.860. The summed E-state index contributed by atoms with van der Waals surface area (Å²) in [6, 6.07) is 7.13. The second kappa shape index (κ2) is 4.56. The van der Waals surface area contributed by atoms with Crippen LogP contribution in [0.5, 0.6) is 0 Å². The fraction of sp³-hybridized carbons (Fsp3) is 0.462. The summed E-state index contributed by atoms with van der Waals surface area (Å²) in [6.07, 6.45) is 3.91. The van der Waals surface area contributed by atoms with Gasteiger partial charge in [-0.15, -0.1) is 0 Å². The van der Waals surface area contributed by atoms with Crippen molar-refractivity contribution < 1.29 is 4.79 Å². The summed E-state index contributed by atoms with van der Waals surface area (Å²) in [7, 11) is 0. The summed E-state index contributed by atoms with van der Waals surface area (Å²) < 4.78 is 0. The van der Waals surface area contributed by atoms with Crippen molar-refractivity contribution in [2.75, 3.05) is 6.54 Å². The molecule has 1 aromatic carbocycles. The zero-order valence-electron chi connectivity index (χ0n) is 9.21. The zero-order chi connectivity index (χ0) is 11.6. The molecule has 1 aliphatic rings. The van der Waals surface area contributed by atoms with Gasteiger partial charge in [-0.1, -0.05) is 30.2 Å². The SMILES string of the molecule is NCC1(CC(=O)c2cccc(Cl)c2)CCC1. The van der Waals surface area contributed by atoms with Crippen molar-refractivity contribution in [3.05, 3.63) is 34.9 Å². The molecule has 1 aliphatic carbocycles. The van der Waals surface area contributed by atoms with Crippen molar-refractivity contribution in [2.45, 2.75) is 25.7 Å². The number of hydrogen-bond acceptors (Lipinski definition) is 2. The van der Waals surface area contributed by atoms with Crippen LogP contribution < -0.4 is 5.73 Å². The molecule has 0 unspecified atom stereocenters. The Morgan fingerprint density at radius 3 is 2.69 bits per heavy atom. The smallest absolute Gasteiger partial charge is 0.163 e. The van der Waals surface area contributed by atoms with E-state index in [9.17, 15) is 4.79 Å². The van der Waals surface area contributed by atoms with E-state index in [2.05, 4.69) is 0 Å². The van der Waals surface area contributed by atoms with Crippen LogP contribution in [0.4, 0.5) is 0 Å². The van der Waals surface area contributed by atoms with Crippen LogP contribution in [-0.4, -0.2) is 12.3 Å². The maximum absolute atomic E-state index is 12.0. The van der Waals surface area contributed by atoms with E-state index in [-0.39, 0.29) is 11.2 Å². The molecule has 0 saturated heterocycles. The fourth-order valence-electron chi connectivity index (χ4n) is 2.23. The first-order chi connectivity index (χ1) is 7.65. The minimum Gasteiger partial charge on any atom is -0.330 e. The molecule has 0 aromatic heterocycles. The first-order valence-corrected chi connectivity index (χ1v) is 6.02. The monoisotopic (exact) mass is 237 g/mol. The predicted molar refractivity (Wildman–Crippen MR) is 65.7 cm³/mol. The van der Waals surface area contributed by atoms with Gasteiger partial charge in [0, 0.05) is 17.0 Å². The number of hydrogen-bond donors (Lipinski definition) is 1. The number of halogens is 1. The molecular weight excluding hydrogens is 222 g/mol. The van der Waals surface area contributed by atoms with Crippen LogP contribution in [0.1, 0.15) is 36.0 Å². The van der Waals surface area contributed by atoms with Gasteiger partial charge in [0.15, 0.2) is 5.78 Å². The number of carbonyl (C=O) groups excluding carboxylic acids is 1. The average molecular weight is 238 g/mol. The molecule has 1 fully saturated rings. The third-order valence-electron chi connectivity index (χ3n) is 3.53. The van der Waals surface area contributed by atoms with Crippen LogP contribution in [0.25, 0.3) is 0 Å². The molecule has 3 heteroatoms. The number of benzene rings is 1. The number of ketones is 1. The van der Waals surface area contributed by atoms with Crippen molar-refractivity contribution in [1.82, 2.24) is 0 Å². The van der Waals surface area contributed by atoms with E-state index in [4.69, 9.17) is 17.3 Å². The summed E-state index contributed by atoms with van der Waals surface area (Å²) in [6.45, 7) is 0.610. The average Bonchev–Trinajstić information content (AvgIpc) is 2.23. The molecule has 2 rings (SSSR count). The molecular formula is C13H16ClNO. The van der Waals surface area contributed by atoms with Gasteiger partial charge in [-0.3, -0.25) is 4.79 Å². The molecule has 86 valence electrons. The van der Waals surface area contributed by atoms with Crippen molar-refractivity contribution in [1.29, 1.82) is 0 Å². The Balaban J connectivity index is 2.08. The minimum absolute atomic E-state index is 0.0689. The topological polar surface area (TPSA) is 43.1 Å². The van der Waals surface area contributed by atoms with Crippen LogP contribution in [0, 0.1) is 5.41 Å². The summed E-state index contributed by atoms with van der Waals surface area (Å²) in [5.41, 5.74) is 6.52. The van der Waals surface area contributed by atoms with Gasteiger partial charge in [0.1, 0.15) is 0 Å². The third-order valence-corrected chi connectivity index (χ3v) is 3.76. The molecule has 0 heterocycles. The van der Waals surface area contributed by atoms with Crippen LogP contribution in [-0.2, 0) is 0 Å². The van der Waals surface area contributed by atoms with Crippen LogP contribution in [0.15, 0.2) is 24.3 Å². The van der Waals surface area contributed by atoms with Crippen LogP contribution >= 0.6 is 11.6 Å². The van der Waals surface area contributed by atoms with E-state index in [1.807, 2.05) is 12.1 Å². The van der Waals surface area contributed by atoms with E-state index in [0.717, 1.165) is 12.8 Å². The molecule has 1 saturated carbocycles. The summed E-state index contributed by atoms with van der Waals surface area (Å²) in [5, 5.41) is 0.612. The zero-order valence-corrected chi connectivity index (χ0v) is 9.96. The third kappa shape index (κ3) is 2.28. The summed E-state index contributed by atoms with van der Waals surface area (Å²) >= 11 is 5.86. The van der Waals surface area contributed by atoms with Crippen LogP contribution in [0.2, 0.25) is 5.02 Å². The lowest BCUT2D eigenvalue weighted by Gasteiger charge is -2.40. The Bertz CT molecular complexity index is 393. The highest BCUT2D eigenvalue weighted by molar-refractivity contribution is 6.31. The van der Waals surface area contributed by atoms with Crippen molar-refractivity contribution in [3.8, 4) is 0 Å². The molecule has 2 N–H and O–H groups in total. The Labute approximate surface area is 101 Å². The molecule has 0 bridgehead atoms. The van der Waals surface area contributed by atoms with E-state index in [0.29, 0.717) is 23.6 Å². The molecule has 1 aromatic rings. The second-order valence-corrected chi connectivity index (χ2v) is 5.10. The Morgan fingerprint density at radius 1 is 1.44 bits per heavy atom. The van der Waals surface area contributed by atoms with Gasteiger partial charge in [0.05, 0.1) is 0 Å². The normalized spacial score (nSPS) is 17.9. The van der Waals surface area contributed by atoms with Gasteiger partial charge in [-0.05, 0) is 36.9 Å². The number of carbonyl (C=O) groups is 1. The maximum atomic E-state index is 12.0. The van der Waals surface area contributed by atoms with Gasteiger partial charge in [-0.25, -0.2) is 0 Å². The van der Waals surface area contributed by atoms with Gasteiger partial charge in [0.2, 0.25) is 0 Å². The number of nitrogens with two attached hydrogens (primary N) is 1. The summed E-state index contributed by atoms with van der Waals surface area (Å²) in [4.78, 5) is 12.0. The quantitative estimate of drug-likeness (QED) is 0.818. The molecule has 0 atom stereocenters. The molecule has 16 heavy (non-hydrogen) atoms. The molecule has 2 nitrogen and oxygen atoms in total. The van der Waals surface area contributed by atoms with Gasteiger partial charge < -0.3 is 5.73 Å². The van der Waals surface area contributed by atoms with E-state index < -0.39 is 0 Å². The lowest BCUT2D eigenvalue weighted by atomic mass is 9.65. The lowest BCUT2D eigenvalue weighted by Crippen LogP contribution is -2.39. The predicted octanol–water partition coefficient (Wildman–Crippen LogP) is 3.04. The second-order valence-electron chi connectivity index (χ2n) is 4.67. The van der Waals surface area contributed by atoms with Gasteiger partial charge >= 0.3 is 0 Å². The first-order valence-electron chi connectivity index (χ1n) is 5.64. The first kappa shape index (κ1) is 11.6. The van der Waals surface area contributed by atoms with Gasteiger partial charge in [-0.2, -0.15) is 0 Å². The Kier molecular flexibility index (Phi) is 3.31. The molecule has 0 amide bonds. The molecule has 0 aliphatic heterocycles. The lowest BCUT2D eigenvalue weighted by molar-refractivity contribution is 0.0786. The minimum atomic E-state index is 0.0689. The summed E-state index contributed by atoms with van der Waals surface area (Å²) in [5.74, 6) is 0.160. The van der Waals surface area contributed by atoms with E-state index in [1.54, 1.807) is 12.1 Å². The van der Waals surface area contributed by atoms with Crippen molar-refractivity contribution in [2.24, 2.45) is 11.1 Å².